The fourth-order valence-electron chi connectivity index (χ4n) is 3.63. The Hall–Kier alpha value is -1.06. The third-order valence-electron chi connectivity index (χ3n) is 4.70. The number of methoxy groups -OCH3 is 1. The molecule has 104 valence electrons. The fraction of sp³-hybridized carbons (Fsp3) is 0.625. The van der Waals surface area contributed by atoms with Gasteiger partial charge in [-0.2, -0.15) is 0 Å². The molecule has 2 aliphatic rings. The zero-order valence-corrected chi connectivity index (χ0v) is 11.7. The predicted molar refractivity (Wildman–Crippen MR) is 75.4 cm³/mol. The second-order valence-corrected chi connectivity index (χ2v) is 5.98. The van der Waals surface area contributed by atoms with Crippen molar-refractivity contribution < 1.29 is 9.84 Å². The van der Waals surface area contributed by atoms with Gasteiger partial charge in [-0.1, -0.05) is 12.5 Å². The van der Waals surface area contributed by atoms with Gasteiger partial charge in [0.25, 0.3) is 0 Å². The van der Waals surface area contributed by atoms with Gasteiger partial charge in [0, 0.05) is 18.0 Å². The van der Waals surface area contributed by atoms with Crippen molar-refractivity contribution in [2.24, 2.45) is 5.92 Å². The highest BCUT2D eigenvalue weighted by Gasteiger charge is 2.37. The Morgan fingerprint density at radius 3 is 2.89 bits per heavy atom. The largest absolute Gasteiger partial charge is 0.497 e. The van der Waals surface area contributed by atoms with Crippen LogP contribution in [0.4, 0.5) is 0 Å². The number of nitrogens with one attached hydrogen (secondary N) is 1. The molecule has 2 N–H and O–H groups in total. The summed E-state index contributed by atoms with van der Waals surface area (Å²) in [5, 5.41) is 14.3. The van der Waals surface area contributed by atoms with Crippen molar-refractivity contribution in [1.29, 1.82) is 0 Å². The molecule has 1 aromatic carbocycles. The normalized spacial score (nSPS) is 34.1. The first kappa shape index (κ1) is 12.9. The van der Waals surface area contributed by atoms with Crippen molar-refractivity contribution in [3.63, 3.8) is 0 Å². The van der Waals surface area contributed by atoms with Crippen molar-refractivity contribution >= 4 is 0 Å². The van der Waals surface area contributed by atoms with E-state index in [9.17, 15) is 5.11 Å². The molecule has 1 heterocycles. The molecule has 3 rings (SSSR count). The van der Waals surface area contributed by atoms with Gasteiger partial charge in [-0.25, -0.2) is 0 Å². The Bertz CT molecular complexity index is 460. The molecular formula is C16H23NO2. The minimum Gasteiger partial charge on any atom is -0.497 e. The first-order valence-electron chi connectivity index (χ1n) is 7.30. The van der Waals surface area contributed by atoms with E-state index in [1.807, 2.05) is 12.1 Å². The monoisotopic (exact) mass is 261 g/mol. The van der Waals surface area contributed by atoms with Crippen LogP contribution in [-0.4, -0.2) is 24.3 Å². The Kier molecular flexibility index (Phi) is 3.50. The summed E-state index contributed by atoms with van der Waals surface area (Å²) in [4.78, 5) is 0. The molecule has 0 bridgehead atoms. The maximum absolute atomic E-state index is 10.6. The van der Waals surface area contributed by atoms with Gasteiger partial charge in [0.05, 0.1) is 13.2 Å². The van der Waals surface area contributed by atoms with Crippen molar-refractivity contribution in [1.82, 2.24) is 5.32 Å². The molecule has 3 heteroatoms. The zero-order chi connectivity index (χ0) is 13.4. The number of rotatable bonds is 2. The smallest absolute Gasteiger partial charge is 0.119 e. The molecule has 3 nitrogen and oxygen atoms in total. The summed E-state index contributed by atoms with van der Waals surface area (Å²) >= 11 is 0. The molecule has 0 saturated carbocycles. The summed E-state index contributed by atoms with van der Waals surface area (Å²) in [5.41, 5.74) is 2.34. The second-order valence-electron chi connectivity index (χ2n) is 5.98. The minimum absolute atomic E-state index is 0.310. The van der Waals surface area contributed by atoms with Crippen LogP contribution in [0.25, 0.3) is 0 Å². The van der Waals surface area contributed by atoms with E-state index in [0.717, 1.165) is 17.7 Å². The Morgan fingerprint density at radius 2 is 2.16 bits per heavy atom. The van der Waals surface area contributed by atoms with Gasteiger partial charge in [-0.3, -0.25) is 0 Å². The molecule has 4 unspecified atom stereocenters. The second kappa shape index (κ2) is 5.14. The maximum Gasteiger partial charge on any atom is 0.119 e. The van der Waals surface area contributed by atoms with Crippen LogP contribution in [0.5, 0.6) is 5.75 Å². The molecule has 0 radical (unpaired) electrons. The highest BCUT2D eigenvalue weighted by atomic mass is 16.5. The molecule has 1 saturated heterocycles. The van der Waals surface area contributed by atoms with Gasteiger partial charge in [0.2, 0.25) is 0 Å². The lowest BCUT2D eigenvalue weighted by Crippen LogP contribution is -2.46. The van der Waals surface area contributed by atoms with E-state index in [0.29, 0.717) is 18.0 Å². The quantitative estimate of drug-likeness (QED) is 0.859. The standard InChI is InChI=1S/C16H23NO2/c1-10-4-3-5-15(17-10)14-8-11-6-7-12(19-2)9-13(11)16(14)18/h6-7,9-10,14-18H,3-5,8H2,1-2H3. The van der Waals surface area contributed by atoms with Crippen LogP contribution in [0.3, 0.4) is 0 Å². The van der Waals surface area contributed by atoms with Gasteiger partial charge in [-0.15, -0.1) is 0 Å². The van der Waals surface area contributed by atoms with E-state index in [-0.39, 0.29) is 6.10 Å². The van der Waals surface area contributed by atoms with Crippen molar-refractivity contribution in [3.8, 4) is 5.75 Å². The summed E-state index contributed by atoms with van der Waals surface area (Å²) in [7, 11) is 1.67. The van der Waals surface area contributed by atoms with Gasteiger partial charge in [0.1, 0.15) is 5.75 Å². The van der Waals surface area contributed by atoms with Gasteiger partial charge in [-0.05, 0) is 49.4 Å². The number of aliphatic hydroxyl groups is 1. The number of ether oxygens (including phenoxy) is 1. The van der Waals surface area contributed by atoms with E-state index in [4.69, 9.17) is 4.74 Å². The molecule has 1 aliphatic heterocycles. The number of benzene rings is 1. The molecule has 0 aromatic heterocycles. The van der Waals surface area contributed by atoms with Crippen LogP contribution in [0.1, 0.15) is 43.4 Å². The van der Waals surface area contributed by atoms with Gasteiger partial charge < -0.3 is 15.2 Å². The van der Waals surface area contributed by atoms with Crippen LogP contribution in [0, 0.1) is 5.92 Å². The molecular weight excluding hydrogens is 238 g/mol. The lowest BCUT2D eigenvalue weighted by atomic mass is 9.86. The summed E-state index contributed by atoms with van der Waals surface area (Å²) in [6.45, 7) is 2.24. The third-order valence-corrected chi connectivity index (χ3v) is 4.70. The Morgan fingerprint density at radius 1 is 1.32 bits per heavy atom. The first-order chi connectivity index (χ1) is 9.19. The minimum atomic E-state index is -0.354. The molecule has 1 fully saturated rings. The Labute approximate surface area is 115 Å². The SMILES string of the molecule is COc1ccc2c(c1)C(O)C(C1CCCC(C)N1)C2. The van der Waals surface area contributed by atoms with Crippen molar-refractivity contribution in [3.05, 3.63) is 29.3 Å². The highest BCUT2D eigenvalue weighted by Crippen LogP contribution is 2.41. The third kappa shape index (κ3) is 2.37. The van der Waals surface area contributed by atoms with Crippen LogP contribution in [0.15, 0.2) is 18.2 Å². The summed E-state index contributed by atoms with van der Waals surface area (Å²) in [6.07, 6.45) is 4.32. The molecule has 4 atom stereocenters. The fourth-order valence-corrected chi connectivity index (χ4v) is 3.63. The van der Waals surface area contributed by atoms with Crippen LogP contribution >= 0.6 is 0 Å². The van der Waals surface area contributed by atoms with Gasteiger partial charge >= 0.3 is 0 Å². The molecule has 0 spiro atoms. The molecule has 1 aliphatic carbocycles. The number of hydrogen-bond acceptors (Lipinski definition) is 3. The molecule has 1 aromatic rings. The summed E-state index contributed by atoms with van der Waals surface area (Å²) < 4.78 is 5.26. The molecule has 19 heavy (non-hydrogen) atoms. The lowest BCUT2D eigenvalue weighted by molar-refractivity contribution is 0.0848. The maximum atomic E-state index is 10.6. The lowest BCUT2D eigenvalue weighted by Gasteiger charge is -2.34. The zero-order valence-electron chi connectivity index (χ0n) is 11.7. The van der Waals surface area contributed by atoms with E-state index in [2.05, 4.69) is 18.3 Å². The topological polar surface area (TPSA) is 41.5 Å². The van der Waals surface area contributed by atoms with Crippen molar-refractivity contribution in [2.75, 3.05) is 7.11 Å². The van der Waals surface area contributed by atoms with E-state index < -0.39 is 0 Å². The number of hydrogen-bond donors (Lipinski definition) is 2. The number of piperidine rings is 1. The van der Waals surface area contributed by atoms with E-state index in [1.165, 1.54) is 24.8 Å². The van der Waals surface area contributed by atoms with Gasteiger partial charge in [0.15, 0.2) is 0 Å². The predicted octanol–water partition coefficient (Wildman–Crippen LogP) is 2.43. The summed E-state index contributed by atoms with van der Waals surface area (Å²) in [5.74, 6) is 1.15. The number of aliphatic hydroxyl groups excluding tert-OH is 1. The first-order valence-corrected chi connectivity index (χ1v) is 7.30. The summed E-state index contributed by atoms with van der Waals surface area (Å²) in [6, 6.07) is 7.10. The average molecular weight is 261 g/mol. The van der Waals surface area contributed by atoms with Crippen LogP contribution in [0.2, 0.25) is 0 Å². The van der Waals surface area contributed by atoms with E-state index in [1.54, 1.807) is 7.11 Å². The van der Waals surface area contributed by atoms with Crippen molar-refractivity contribution in [2.45, 2.75) is 50.8 Å². The highest BCUT2D eigenvalue weighted by molar-refractivity contribution is 5.41. The van der Waals surface area contributed by atoms with E-state index >= 15 is 0 Å². The Balaban J connectivity index is 1.80. The number of fused-ring (bicyclic) bond motifs is 1. The molecule has 0 amide bonds. The van der Waals surface area contributed by atoms with Crippen LogP contribution in [-0.2, 0) is 6.42 Å². The van der Waals surface area contributed by atoms with Crippen LogP contribution < -0.4 is 10.1 Å². The average Bonchev–Trinajstić information content (AvgIpc) is 2.76.